The molecule has 0 amide bonds. The molecule has 0 aliphatic rings. The molecule has 1 aromatic carbocycles. The fourth-order valence-corrected chi connectivity index (χ4v) is 1.68. The van der Waals surface area contributed by atoms with E-state index in [0.29, 0.717) is 24.7 Å². The van der Waals surface area contributed by atoms with Crippen molar-refractivity contribution in [3.05, 3.63) is 41.1 Å². The molecule has 0 saturated heterocycles. The third-order valence-electron chi connectivity index (χ3n) is 2.35. The van der Waals surface area contributed by atoms with Crippen molar-refractivity contribution in [1.29, 1.82) is 0 Å². The van der Waals surface area contributed by atoms with Crippen molar-refractivity contribution in [1.82, 2.24) is 9.97 Å². The van der Waals surface area contributed by atoms with Gasteiger partial charge < -0.3 is 10.5 Å². The maximum atomic E-state index is 5.44. The van der Waals surface area contributed by atoms with Crippen molar-refractivity contribution in [2.75, 3.05) is 13.2 Å². The minimum atomic E-state index is 0.595. The minimum Gasteiger partial charge on any atom is -0.490 e. The van der Waals surface area contributed by atoms with Gasteiger partial charge in [-0.2, -0.15) is 0 Å². The normalized spacial score (nSPS) is 10.3. The molecule has 0 fully saturated rings. The zero-order chi connectivity index (χ0) is 12.8. The molecule has 0 atom stereocenters. The Hall–Kier alpha value is -1.46. The highest BCUT2D eigenvalue weighted by Gasteiger charge is 2.01. The van der Waals surface area contributed by atoms with Crippen LogP contribution in [0.1, 0.15) is 6.42 Å². The molecular formula is C13H14BrN3O. The van der Waals surface area contributed by atoms with Crippen molar-refractivity contribution in [3.8, 4) is 17.1 Å². The highest BCUT2D eigenvalue weighted by molar-refractivity contribution is 9.10. The molecule has 0 spiro atoms. The van der Waals surface area contributed by atoms with Crippen LogP contribution in [0.2, 0.25) is 0 Å². The zero-order valence-corrected chi connectivity index (χ0v) is 11.4. The molecule has 2 aromatic rings. The lowest BCUT2D eigenvalue weighted by molar-refractivity contribution is 0.311. The van der Waals surface area contributed by atoms with Crippen LogP contribution in [0.5, 0.6) is 5.75 Å². The number of hydrogen-bond donors (Lipinski definition) is 1. The molecule has 0 bridgehead atoms. The molecule has 0 saturated carbocycles. The Bertz CT molecular complexity index is 485. The predicted octanol–water partition coefficient (Wildman–Crippen LogP) is 2.63. The summed E-state index contributed by atoms with van der Waals surface area (Å²) in [4.78, 5) is 8.55. The van der Waals surface area contributed by atoms with E-state index in [2.05, 4.69) is 25.9 Å². The topological polar surface area (TPSA) is 61.0 Å². The molecule has 2 N–H and O–H groups in total. The third-order valence-corrected chi connectivity index (χ3v) is 2.88. The van der Waals surface area contributed by atoms with Crippen LogP contribution in [0, 0.1) is 0 Å². The molecule has 94 valence electrons. The Kier molecular flexibility index (Phi) is 4.66. The molecular weight excluding hydrogens is 294 g/mol. The van der Waals surface area contributed by atoms with Gasteiger partial charge in [-0.1, -0.05) is 28.1 Å². The smallest absolute Gasteiger partial charge is 0.159 e. The number of benzene rings is 1. The summed E-state index contributed by atoms with van der Waals surface area (Å²) in [5.74, 6) is 1.36. The van der Waals surface area contributed by atoms with Crippen LogP contribution in [0.4, 0.5) is 0 Å². The number of nitrogens with zero attached hydrogens (tertiary/aromatic N) is 2. The standard InChI is InChI=1S/C13H14BrN3O/c14-11-4-2-10(3-5-11)13-16-8-12(9-17-13)18-7-1-6-15/h2-5,8-9H,1,6-7,15H2. The van der Waals surface area contributed by atoms with Gasteiger partial charge >= 0.3 is 0 Å². The van der Waals surface area contributed by atoms with E-state index in [1.54, 1.807) is 12.4 Å². The van der Waals surface area contributed by atoms with Crippen LogP contribution in [0.3, 0.4) is 0 Å². The first-order chi connectivity index (χ1) is 8.79. The van der Waals surface area contributed by atoms with Crippen LogP contribution in [-0.2, 0) is 0 Å². The number of ether oxygens (including phenoxy) is 1. The molecule has 5 heteroatoms. The van der Waals surface area contributed by atoms with E-state index in [9.17, 15) is 0 Å². The van der Waals surface area contributed by atoms with Crippen LogP contribution in [-0.4, -0.2) is 23.1 Å². The summed E-state index contributed by atoms with van der Waals surface area (Å²) in [6, 6.07) is 7.86. The molecule has 4 nitrogen and oxygen atoms in total. The van der Waals surface area contributed by atoms with Gasteiger partial charge in [-0.3, -0.25) is 0 Å². The fraction of sp³-hybridized carbons (Fsp3) is 0.231. The Morgan fingerprint density at radius 2 is 1.78 bits per heavy atom. The number of aromatic nitrogens is 2. The summed E-state index contributed by atoms with van der Waals surface area (Å²) < 4.78 is 6.48. The summed E-state index contributed by atoms with van der Waals surface area (Å²) >= 11 is 3.39. The van der Waals surface area contributed by atoms with E-state index in [4.69, 9.17) is 10.5 Å². The Morgan fingerprint density at radius 3 is 2.39 bits per heavy atom. The summed E-state index contributed by atoms with van der Waals surface area (Å²) in [6.45, 7) is 1.22. The van der Waals surface area contributed by atoms with Gasteiger partial charge in [-0.15, -0.1) is 0 Å². The van der Waals surface area contributed by atoms with Gasteiger partial charge in [0.15, 0.2) is 11.6 Å². The van der Waals surface area contributed by atoms with Crippen LogP contribution < -0.4 is 10.5 Å². The molecule has 1 aromatic heterocycles. The highest BCUT2D eigenvalue weighted by atomic mass is 79.9. The second kappa shape index (κ2) is 6.47. The Balaban J connectivity index is 2.05. The number of halogens is 1. The van der Waals surface area contributed by atoms with Crippen molar-refractivity contribution in [2.45, 2.75) is 6.42 Å². The van der Waals surface area contributed by atoms with Crippen molar-refractivity contribution >= 4 is 15.9 Å². The number of nitrogens with two attached hydrogens (primary N) is 1. The van der Waals surface area contributed by atoms with Gasteiger partial charge in [0, 0.05) is 10.0 Å². The average Bonchev–Trinajstić information content (AvgIpc) is 2.41. The predicted molar refractivity (Wildman–Crippen MR) is 74.3 cm³/mol. The van der Waals surface area contributed by atoms with E-state index in [0.717, 1.165) is 16.5 Å². The second-order valence-electron chi connectivity index (χ2n) is 3.74. The first kappa shape index (κ1) is 13.0. The quantitative estimate of drug-likeness (QED) is 0.863. The lowest BCUT2D eigenvalue weighted by atomic mass is 10.2. The van der Waals surface area contributed by atoms with Crippen molar-refractivity contribution in [2.24, 2.45) is 5.73 Å². The largest absolute Gasteiger partial charge is 0.490 e. The molecule has 0 radical (unpaired) electrons. The number of hydrogen-bond acceptors (Lipinski definition) is 4. The van der Waals surface area contributed by atoms with Gasteiger partial charge in [0.05, 0.1) is 19.0 Å². The summed E-state index contributed by atoms with van der Waals surface area (Å²) in [7, 11) is 0. The molecule has 0 aliphatic heterocycles. The van der Waals surface area contributed by atoms with Crippen LogP contribution in [0.15, 0.2) is 41.1 Å². The molecule has 18 heavy (non-hydrogen) atoms. The van der Waals surface area contributed by atoms with Crippen molar-refractivity contribution in [3.63, 3.8) is 0 Å². The Labute approximate surface area is 114 Å². The summed E-state index contributed by atoms with van der Waals surface area (Å²) in [5, 5.41) is 0. The second-order valence-corrected chi connectivity index (χ2v) is 4.66. The van der Waals surface area contributed by atoms with Crippen LogP contribution >= 0.6 is 15.9 Å². The van der Waals surface area contributed by atoms with Gasteiger partial charge in [-0.05, 0) is 25.1 Å². The lowest BCUT2D eigenvalue weighted by Gasteiger charge is -2.05. The SMILES string of the molecule is NCCCOc1cnc(-c2ccc(Br)cc2)nc1. The van der Waals surface area contributed by atoms with Crippen molar-refractivity contribution < 1.29 is 4.74 Å². The number of rotatable bonds is 5. The van der Waals surface area contributed by atoms with E-state index < -0.39 is 0 Å². The van der Waals surface area contributed by atoms with Gasteiger partial charge in [0.25, 0.3) is 0 Å². The lowest BCUT2D eigenvalue weighted by Crippen LogP contribution is -2.06. The minimum absolute atomic E-state index is 0.595. The van der Waals surface area contributed by atoms with E-state index in [-0.39, 0.29) is 0 Å². The molecule has 0 unspecified atom stereocenters. The molecule has 2 rings (SSSR count). The summed E-state index contributed by atoms with van der Waals surface area (Å²) in [5.41, 5.74) is 6.37. The molecule has 1 heterocycles. The van der Waals surface area contributed by atoms with E-state index in [1.165, 1.54) is 0 Å². The maximum absolute atomic E-state index is 5.44. The zero-order valence-electron chi connectivity index (χ0n) is 9.84. The first-order valence-electron chi connectivity index (χ1n) is 5.70. The monoisotopic (exact) mass is 307 g/mol. The fourth-order valence-electron chi connectivity index (χ4n) is 1.41. The Morgan fingerprint density at radius 1 is 1.11 bits per heavy atom. The first-order valence-corrected chi connectivity index (χ1v) is 6.50. The summed E-state index contributed by atoms with van der Waals surface area (Å²) in [6.07, 6.45) is 4.19. The van der Waals surface area contributed by atoms with E-state index in [1.807, 2.05) is 24.3 Å². The van der Waals surface area contributed by atoms with Gasteiger partial charge in [-0.25, -0.2) is 9.97 Å². The highest BCUT2D eigenvalue weighted by Crippen LogP contribution is 2.19. The third kappa shape index (κ3) is 3.51. The van der Waals surface area contributed by atoms with Crippen LogP contribution in [0.25, 0.3) is 11.4 Å². The van der Waals surface area contributed by atoms with E-state index >= 15 is 0 Å². The van der Waals surface area contributed by atoms with Gasteiger partial charge in [0.1, 0.15) is 0 Å². The van der Waals surface area contributed by atoms with Gasteiger partial charge in [0.2, 0.25) is 0 Å². The maximum Gasteiger partial charge on any atom is 0.159 e. The average molecular weight is 308 g/mol. The molecule has 0 aliphatic carbocycles.